The van der Waals surface area contributed by atoms with Gasteiger partial charge >= 0.3 is 22.2 Å². The summed E-state index contributed by atoms with van der Waals surface area (Å²) in [6, 6.07) is 14.1. The highest BCUT2D eigenvalue weighted by Gasteiger charge is 2.40. The predicted octanol–water partition coefficient (Wildman–Crippen LogP) is 4.02. The molecule has 0 saturated heterocycles. The van der Waals surface area contributed by atoms with Crippen LogP contribution < -0.4 is 9.81 Å². The van der Waals surface area contributed by atoms with Crippen LogP contribution >= 0.6 is 0 Å². The second-order valence-corrected chi connectivity index (χ2v) is 5.88. The Labute approximate surface area is 136 Å². The van der Waals surface area contributed by atoms with Crippen LogP contribution in [0.3, 0.4) is 0 Å². The molecule has 24 heavy (non-hydrogen) atoms. The lowest BCUT2D eigenvalue weighted by atomic mass is 10.1. The molecule has 1 unspecified atom stereocenters. The first kappa shape index (κ1) is 16.3. The van der Waals surface area contributed by atoms with E-state index in [-0.39, 0.29) is 11.3 Å². The fraction of sp³-hybridized carbons (Fsp3) is 0.0625. The van der Waals surface area contributed by atoms with Crippen LogP contribution in [-0.4, -0.2) is 9.72 Å². The molecule has 3 rings (SSSR count). The van der Waals surface area contributed by atoms with Gasteiger partial charge in [-0.2, -0.15) is 13.2 Å². The highest BCUT2D eigenvalue weighted by molar-refractivity contribution is 7.81. The average molecular weight is 354 g/mol. The molecule has 0 amide bonds. The Morgan fingerprint density at radius 2 is 1.71 bits per heavy atom. The van der Waals surface area contributed by atoms with Crippen LogP contribution in [0.5, 0.6) is 5.75 Å². The molecule has 1 heterocycles. The van der Waals surface area contributed by atoms with E-state index in [1.54, 1.807) is 36.4 Å². The minimum atomic E-state index is -4.99. The van der Waals surface area contributed by atoms with Crippen molar-refractivity contribution in [1.82, 2.24) is 0 Å². The molecule has 8 heteroatoms. The topological polar surface area (TPSA) is 56.5 Å². The van der Waals surface area contributed by atoms with Gasteiger partial charge in [-0.1, -0.05) is 30.3 Å². The van der Waals surface area contributed by atoms with Gasteiger partial charge in [0, 0.05) is 11.5 Å². The van der Waals surface area contributed by atoms with E-state index in [0.29, 0.717) is 16.5 Å². The van der Waals surface area contributed by atoms with Crippen molar-refractivity contribution in [3.05, 3.63) is 65.0 Å². The Morgan fingerprint density at radius 3 is 2.38 bits per heavy atom. The average Bonchev–Trinajstić information content (AvgIpc) is 2.54. The molecule has 1 aromatic heterocycles. The van der Waals surface area contributed by atoms with Gasteiger partial charge in [-0.25, -0.2) is 9.00 Å². The number of alkyl halides is 3. The zero-order chi connectivity index (χ0) is 17.3. The van der Waals surface area contributed by atoms with Gasteiger partial charge in [-0.05, 0) is 23.8 Å². The zero-order valence-corrected chi connectivity index (χ0v) is 12.7. The number of halogens is 3. The summed E-state index contributed by atoms with van der Waals surface area (Å²) in [7, 11) is 0. The van der Waals surface area contributed by atoms with Crippen molar-refractivity contribution < 1.29 is 26.0 Å². The Bertz CT molecular complexity index is 964. The highest BCUT2D eigenvalue weighted by atomic mass is 32.2. The summed E-state index contributed by atoms with van der Waals surface area (Å²) in [5.41, 5.74) is -4.60. The Hall–Kier alpha value is -2.61. The van der Waals surface area contributed by atoms with Gasteiger partial charge in [0.2, 0.25) is 0 Å². The maximum atomic E-state index is 12.3. The standard InChI is InChI=1S/C16H9F3O4S/c17-16(18,19)24(21)23-12-7-6-11-8-13(10-4-2-1-3-5-10)15(20)22-14(11)9-12/h1-9H. The van der Waals surface area contributed by atoms with Crippen LogP contribution in [0.2, 0.25) is 0 Å². The molecule has 0 fully saturated rings. The van der Waals surface area contributed by atoms with Crippen LogP contribution in [0, 0.1) is 0 Å². The van der Waals surface area contributed by atoms with Crippen molar-refractivity contribution in [1.29, 1.82) is 0 Å². The third kappa shape index (κ3) is 3.33. The van der Waals surface area contributed by atoms with Gasteiger partial charge in [0.15, 0.2) is 0 Å². The smallest absolute Gasteiger partial charge is 0.422 e. The maximum absolute atomic E-state index is 12.3. The van der Waals surface area contributed by atoms with Crippen molar-refractivity contribution >= 4 is 22.0 Å². The van der Waals surface area contributed by atoms with Crippen LogP contribution in [-0.2, 0) is 11.1 Å². The normalized spacial score (nSPS) is 13.0. The SMILES string of the molecule is O=c1oc2cc(OS(=O)C(F)(F)F)ccc2cc1-c1ccccc1. The largest absolute Gasteiger partial charge is 0.508 e. The van der Waals surface area contributed by atoms with Crippen molar-refractivity contribution in [3.8, 4) is 16.9 Å². The third-order valence-electron chi connectivity index (χ3n) is 3.15. The zero-order valence-electron chi connectivity index (χ0n) is 11.9. The third-order valence-corrected chi connectivity index (χ3v) is 3.87. The maximum Gasteiger partial charge on any atom is 0.508 e. The lowest BCUT2D eigenvalue weighted by Crippen LogP contribution is -2.20. The van der Waals surface area contributed by atoms with Gasteiger partial charge in [-0.15, -0.1) is 0 Å². The number of hydrogen-bond acceptors (Lipinski definition) is 4. The summed E-state index contributed by atoms with van der Waals surface area (Å²) >= 11 is -3.49. The van der Waals surface area contributed by atoms with Crippen LogP contribution in [0.25, 0.3) is 22.1 Å². The Balaban J connectivity index is 2.01. The van der Waals surface area contributed by atoms with E-state index in [4.69, 9.17) is 4.42 Å². The van der Waals surface area contributed by atoms with Gasteiger partial charge in [0.05, 0.1) is 5.56 Å². The molecule has 0 aliphatic heterocycles. The molecule has 0 spiro atoms. The highest BCUT2D eigenvalue weighted by Crippen LogP contribution is 2.27. The van der Waals surface area contributed by atoms with E-state index < -0.39 is 22.2 Å². The van der Waals surface area contributed by atoms with Crippen molar-refractivity contribution in [2.24, 2.45) is 0 Å². The number of benzene rings is 2. The van der Waals surface area contributed by atoms with E-state index in [1.807, 2.05) is 0 Å². The summed E-state index contributed by atoms with van der Waals surface area (Å²) in [4.78, 5) is 12.1. The molecule has 0 saturated carbocycles. The van der Waals surface area contributed by atoms with E-state index in [1.165, 1.54) is 12.1 Å². The van der Waals surface area contributed by atoms with Crippen LogP contribution in [0.15, 0.2) is 63.8 Å². The quantitative estimate of drug-likeness (QED) is 0.667. The molecule has 0 N–H and O–H groups in total. The van der Waals surface area contributed by atoms with E-state index >= 15 is 0 Å². The first-order chi connectivity index (χ1) is 11.3. The van der Waals surface area contributed by atoms with Crippen molar-refractivity contribution in [2.75, 3.05) is 0 Å². The van der Waals surface area contributed by atoms with E-state index in [2.05, 4.69) is 4.18 Å². The Morgan fingerprint density at radius 1 is 1.00 bits per heavy atom. The lowest BCUT2D eigenvalue weighted by Gasteiger charge is -2.08. The van der Waals surface area contributed by atoms with E-state index in [0.717, 1.165) is 6.07 Å². The summed E-state index contributed by atoms with van der Waals surface area (Å²) in [6.45, 7) is 0. The monoisotopic (exact) mass is 354 g/mol. The first-order valence-corrected chi connectivity index (χ1v) is 7.72. The number of fused-ring (bicyclic) bond motifs is 1. The summed E-state index contributed by atoms with van der Waals surface area (Å²) < 4.78 is 57.2. The summed E-state index contributed by atoms with van der Waals surface area (Å²) in [5, 5.41) is 0.499. The molecular formula is C16H9F3O4S. The summed E-state index contributed by atoms with van der Waals surface area (Å²) in [6.07, 6.45) is 0. The molecule has 1 atom stereocenters. The van der Waals surface area contributed by atoms with E-state index in [9.17, 15) is 22.2 Å². The summed E-state index contributed by atoms with van der Waals surface area (Å²) in [5.74, 6) is -0.311. The molecule has 0 bridgehead atoms. The van der Waals surface area contributed by atoms with Gasteiger partial charge in [-0.3, -0.25) is 0 Å². The first-order valence-electron chi connectivity index (χ1n) is 6.65. The van der Waals surface area contributed by atoms with Crippen molar-refractivity contribution in [3.63, 3.8) is 0 Å². The minimum absolute atomic E-state index is 0.0383. The minimum Gasteiger partial charge on any atom is -0.422 e. The van der Waals surface area contributed by atoms with Gasteiger partial charge in [0.1, 0.15) is 11.3 Å². The molecule has 3 aromatic rings. The molecular weight excluding hydrogens is 345 g/mol. The predicted molar refractivity (Wildman–Crippen MR) is 82.7 cm³/mol. The molecule has 4 nitrogen and oxygen atoms in total. The second kappa shape index (κ2) is 6.12. The fourth-order valence-electron chi connectivity index (χ4n) is 2.10. The fourth-order valence-corrected chi connectivity index (χ4v) is 2.47. The van der Waals surface area contributed by atoms with Gasteiger partial charge in [0.25, 0.3) is 0 Å². The molecule has 0 aliphatic carbocycles. The number of rotatable bonds is 3. The number of hydrogen-bond donors (Lipinski definition) is 0. The molecule has 2 aromatic carbocycles. The van der Waals surface area contributed by atoms with Gasteiger partial charge < -0.3 is 8.60 Å². The van der Waals surface area contributed by atoms with Crippen LogP contribution in [0.4, 0.5) is 13.2 Å². The second-order valence-electron chi connectivity index (χ2n) is 4.78. The lowest BCUT2D eigenvalue weighted by molar-refractivity contribution is -0.0437. The molecule has 124 valence electrons. The molecule has 0 radical (unpaired) electrons. The molecule has 0 aliphatic rings. The Kier molecular flexibility index (Phi) is 4.15. The van der Waals surface area contributed by atoms with Crippen molar-refractivity contribution in [2.45, 2.75) is 5.51 Å². The van der Waals surface area contributed by atoms with Crippen LogP contribution in [0.1, 0.15) is 0 Å².